The molecule has 1 unspecified atom stereocenters. The van der Waals surface area contributed by atoms with Crippen molar-refractivity contribution < 1.29 is 9.59 Å². The molecule has 1 aromatic rings. The number of rotatable bonds is 9. The number of anilines is 1. The van der Waals surface area contributed by atoms with Gasteiger partial charge in [-0.05, 0) is 51.5 Å². The molecule has 1 aliphatic heterocycles. The van der Waals surface area contributed by atoms with Crippen LogP contribution in [0.2, 0.25) is 0 Å². The number of carbonyl (C=O) groups excluding carboxylic acids is 2. The van der Waals surface area contributed by atoms with E-state index in [1.807, 2.05) is 31.2 Å². The molecular weight excluding hydrogens is 314 g/mol. The molecule has 1 aromatic carbocycles. The second-order valence-electron chi connectivity index (χ2n) is 6.77. The molecule has 138 valence electrons. The number of carbonyl (C=O) groups is 2. The van der Waals surface area contributed by atoms with Gasteiger partial charge in [-0.2, -0.15) is 0 Å². The summed E-state index contributed by atoms with van der Waals surface area (Å²) in [6.07, 6.45) is 2.37. The number of amides is 2. The van der Waals surface area contributed by atoms with E-state index in [1.165, 1.54) is 0 Å². The van der Waals surface area contributed by atoms with Gasteiger partial charge in [0, 0.05) is 25.2 Å². The lowest BCUT2D eigenvalue weighted by Gasteiger charge is -2.18. The molecule has 5 heteroatoms. The fourth-order valence-corrected chi connectivity index (χ4v) is 3.21. The van der Waals surface area contributed by atoms with Gasteiger partial charge in [0.05, 0.1) is 5.92 Å². The van der Waals surface area contributed by atoms with Gasteiger partial charge < -0.3 is 15.1 Å². The molecule has 1 fully saturated rings. The number of benzene rings is 1. The fourth-order valence-electron chi connectivity index (χ4n) is 3.21. The van der Waals surface area contributed by atoms with Crippen LogP contribution in [0.4, 0.5) is 5.69 Å². The molecule has 2 amide bonds. The third kappa shape index (κ3) is 5.56. The van der Waals surface area contributed by atoms with Crippen molar-refractivity contribution in [2.75, 3.05) is 37.6 Å². The van der Waals surface area contributed by atoms with Crippen LogP contribution in [-0.4, -0.2) is 49.4 Å². The normalized spacial score (nSPS) is 17.4. The largest absolute Gasteiger partial charge is 0.356 e. The highest BCUT2D eigenvalue weighted by Crippen LogP contribution is 2.25. The van der Waals surface area contributed by atoms with Gasteiger partial charge >= 0.3 is 0 Å². The molecule has 2 rings (SSSR count). The molecule has 0 aliphatic carbocycles. The van der Waals surface area contributed by atoms with Gasteiger partial charge in [-0.1, -0.05) is 31.5 Å². The molecule has 0 aromatic heterocycles. The van der Waals surface area contributed by atoms with Crippen molar-refractivity contribution in [3.63, 3.8) is 0 Å². The first-order valence-electron chi connectivity index (χ1n) is 9.42. The van der Waals surface area contributed by atoms with Crippen molar-refractivity contribution in [1.82, 2.24) is 10.2 Å². The van der Waals surface area contributed by atoms with Crippen molar-refractivity contribution in [3.05, 3.63) is 29.8 Å². The predicted octanol–water partition coefficient (Wildman–Crippen LogP) is 2.59. The van der Waals surface area contributed by atoms with Gasteiger partial charge in [0.1, 0.15) is 0 Å². The summed E-state index contributed by atoms with van der Waals surface area (Å²) in [5.41, 5.74) is 2.04. The maximum Gasteiger partial charge on any atom is 0.227 e. The minimum Gasteiger partial charge on any atom is -0.356 e. The Labute approximate surface area is 151 Å². The monoisotopic (exact) mass is 345 g/mol. The average Bonchev–Trinajstić information content (AvgIpc) is 3.00. The summed E-state index contributed by atoms with van der Waals surface area (Å²) >= 11 is 0. The van der Waals surface area contributed by atoms with Crippen molar-refractivity contribution in [1.29, 1.82) is 0 Å². The summed E-state index contributed by atoms with van der Waals surface area (Å²) in [6, 6.07) is 7.87. The number of unbranched alkanes of at least 4 members (excludes halogenated alkanes) is 1. The van der Waals surface area contributed by atoms with E-state index in [0.29, 0.717) is 19.5 Å². The first kappa shape index (κ1) is 19.4. The van der Waals surface area contributed by atoms with Crippen LogP contribution in [0, 0.1) is 12.8 Å². The molecule has 1 saturated heterocycles. The van der Waals surface area contributed by atoms with Crippen LogP contribution in [0.5, 0.6) is 0 Å². The summed E-state index contributed by atoms with van der Waals surface area (Å²) < 4.78 is 0. The van der Waals surface area contributed by atoms with E-state index >= 15 is 0 Å². The molecule has 25 heavy (non-hydrogen) atoms. The highest BCUT2D eigenvalue weighted by molar-refractivity contribution is 6.00. The van der Waals surface area contributed by atoms with Crippen LogP contribution in [-0.2, 0) is 9.59 Å². The van der Waals surface area contributed by atoms with Crippen LogP contribution in [0.3, 0.4) is 0 Å². The fraction of sp³-hybridized carbons (Fsp3) is 0.600. The smallest absolute Gasteiger partial charge is 0.227 e. The molecule has 0 saturated carbocycles. The Morgan fingerprint density at radius 1 is 1.20 bits per heavy atom. The van der Waals surface area contributed by atoms with Gasteiger partial charge in [0.2, 0.25) is 11.8 Å². The number of nitrogens with zero attached hydrogens (tertiary/aromatic N) is 2. The first-order valence-corrected chi connectivity index (χ1v) is 9.42. The molecule has 1 atom stereocenters. The average molecular weight is 345 g/mol. The highest BCUT2D eigenvalue weighted by Gasteiger charge is 2.34. The number of nitrogens with one attached hydrogen (secondary N) is 1. The molecule has 5 nitrogen and oxygen atoms in total. The maximum atomic E-state index is 12.3. The molecule has 1 aliphatic rings. The molecular formula is C20H31N3O2. The second-order valence-corrected chi connectivity index (χ2v) is 6.77. The van der Waals surface area contributed by atoms with E-state index in [2.05, 4.69) is 24.1 Å². The van der Waals surface area contributed by atoms with Gasteiger partial charge in [0.15, 0.2) is 0 Å². The number of hydrogen-bond acceptors (Lipinski definition) is 3. The minimum atomic E-state index is -0.239. The number of aryl methyl sites for hydroxylation is 1. The Bertz CT molecular complexity index is 567. The Morgan fingerprint density at radius 3 is 2.52 bits per heavy atom. The van der Waals surface area contributed by atoms with Crippen LogP contribution in [0.1, 0.15) is 38.7 Å². The molecule has 0 radical (unpaired) electrons. The molecule has 1 N–H and O–H groups in total. The van der Waals surface area contributed by atoms with Crippen molar-refractivity contribution >= 4 is 17.5 Å². The van der Waals surface area contributed by atoms with Gasteiger partial charge in [-0.25, -0.2) is 0 Å². The van der Waals surface area contributed by atoms with E-state index in [1.54, 1.807) is 4.90 Å². The number of hydrogen-bond donors (Lipinski definition) is 1. The van der Waals surface area contributed by atoms with Gasteiger partial charge in [-0.15, -0.1) is 0 Å². The maximum absolute atomic E-state index is 12.3. The standard InChI is InChI=1S/C20H31N3O2/c1-4-22(5-2)13-7-6-12-21-20(25)17-14-19(24)23(15-17)18-10-8-16(3)9-11-18/h8-11,17H,4-7,12-15H2,1-3H3,(H,21,25). The lowest BCUT2D eigenvalue weighted by Crippen LogP contribution is -2.34. The van der Waals surface area contributed by atoms with Crippen molar-refractivity contribution in [2.24, 2.45) is 5.92 Å². The van der Waals surface area contributed by atoms with Crippen LogP contribution >= 0.6 is 0 Å². The Morgan fingerprint density at radius 2 is 1.88 bits per heavy atom. The molecule has 1 heterocycles. The first-order chi connectivity index (χ1) is 12.0. The quantitative estimate of drug-likeness (QED) is 0.700. The third-order valence-corrected chi connectivity index (χ3v) is 4.94. The predicted molar refractivity (Wildman–Crippen MR) is 102 cm³/mol. The van der Waals surface area contributed by atoms with E-state index < -0.39 is 0 Å². The summed E-state index contributed by atoms with van der Waals surface area (Å²) in [7, 11) is 0. The summed E-state index contributed by atoms with van der Waals surface area (Å²) in [4.78, 5) is 28.7. The van der Waals surface area contributed by atoms with Crippen molar-refractivity contribution in [3.8, 4) is 0 Å². The lowest BCUT2D eigenvalue weighted by atomic mass is 10.1. The van der Waals surface area contributed by atoms with E-state index in [-0.39, 0.29) is 17.7 Å². The Kier molecular flexibility index (Phi) is 7.44. The van der Waals surface area contributed by atoms with E-state index in [0.717, 1.165) is 43.7 Å². The van der Waals surface area contributed by atoms with Crippen LogP contribution in [0.25, 0.3) is 0 Å². The molecule has 0 spiro atoms. The zero-order valence-electron chi connectivity index (χ0n) is 15.8. The Balaban J connectivity index is 1.74. The summed E-state index contributed by atoms with van der Waals surface area (Å²) in [6.45, 7) is 10.7. The summed E-state index contributed by atoms with van der Waals surface area (Å²) in [5.74, 6) is -0.201. The highest BCUT2D eigenvalue weighted by atomic mass is 16.2. The van der Waals surface area contributed by atoms with Gasteiger partial charge in [0.25, 0.3) is 0 Å². The third-order valence-electron chi connectivity index (χ3n) is 4.94. The minimum absolute atomic E-state index is 0.00537. The van der Waals surface area contributed by atoms with Gasteiger partial charge in [-0.3, -0.25) is 9.59 Å². The topological polar surface area (TPSA) is 52.7 Å². The van der Waals surface area contributed by atoms with Crippen molar-refractivity contribution in [2.45, 2.75) is 40.0 Å². The Hall–Kier alpha value is -1.88. The zero-order valence-corrected chi connectivity index (χ0v) is 15.8. The zero-order chi connectivity index (χ0) is 18.2. The molecule has 0 bridgehead atoms. The SMILES string of the molecule is CCN(CC)CCCCNC(=O)C1CC(=O)N(c2ccc(C)cc2)C1. The van der Waals surface area contributed by atoms with E-state index in [4.69, 9.17) is 0 Å². The van der Waals surface area contributed by atoms with Crippen LogP contribution < -0.4 is 10.2 Å². The van der Waals surface area contributed by atoms with Crippen LogP contribution in [0.15, 0.2) is 24.3 Å². The van der Waals surface area contributed by atoms with E-state index in [9.17, 15) is 9.59 Å². The lowest BCUT2D eigenvalue weighted by molar-refractivity contribution is -0.126. The summed E-state index contributed by atoms with van der Waals surface area (Å²) in [5, 5.41) is 3.00. The second kappa shape index (κ2) is 9.56.